The van der Waals surface area contributed by atoms with Crippen molar-refractivity contribution in [2.45, 2.75) is 6.18 Å². The second kappa shape index (κ2) is 5.72. The summed E-state index contributed by atoms with van der Waals surface area (Å²) in [6, 6.07) is 4.29. The molecule has 2 rings (SSSR count). The minimum absolute atomic E-state index is 0.169. The van der Waals surface area contributed by atoms with Gasteiger partial charge in [0.05, 0.1) is 10.0 Å². The highest BCUT2D eigenvalue weighted by atomic mass is 79.9. The second-order valence-corrected chi connectivity index (χ2v) is 4.84. The van der Waals surface area contributed by atoms with Gasteiger partial charge in [0, 0.05) is 24.0 Å². The highest BCUT2D eigenvalue weighted by Crippen LogP contribution is 2.39. The molecule has 0 aliphatic heterocycles. The molecule has 1 amide bonds. The summed E-state index contributed by atoms with van der Waals surface area (Å²) in [5, 5.41) is 0. The molecule has 0 saturated carbocycles. The molecule has 0 fully saturated rings. The molecule has 1 heterocycles. The summed E-state index contributed by atoms with van der Waals surface area (Å²) in [6.07, 6.45) is -1.91. The molecule has 0 saturated heterocycles. The third kappa shape index (κ3) is 3.52. The first kappa shape index (κ1) is 15.3. The number of carbonyl (C=O) groups is 1. The molecule has 2 aromatic rings. The lowest BCUT2D eigenvalue weighted by Crippen LogP contribution is -2.14. The summed E-state index contributed by atoms with van der Waals surface area (Å²) in [7, 11) is 0. The zero-order valence-electron chi connectivity index (χ0n) is 10.3. The monoisotopic (exact) mass is 360 g/mol. The van der Waals surface area contributed by atoms with Crippen molar-refractivity contribution >= 4 is 21.8 Å². The van der Waals surface area contributed by atoms with E-state index in [1.54, 1.807) is 0 Å². The number of halogens is 4. The Labute approximate surface area is 125 Å². The van der Waals surface area contributed by atoms with Crippen LogP contribution in [0.3, 0.4) is 0 Å². The van der Waals surface area contributed by atoms with Crippen LogP contribution in [0.5, 0.6) is 11.5 Å². The lowest BCUT2D eigenvalue weighted by atomic mass is 10.1. The maximum absolute atomic E-state index is 13.0. The number of rotatable bonds is 3. The van der Waals surface area contributed by atoms with Crippen LogP contribution in [0.2, 0.25) is 0 Å². The van der Waals surface area contributed by atoms with E-state index in [1.807, 2.05) is 0 Å². The molecule has 2 N–H and O–H groups in total. The maximum Gasteiger partial charge on any atom is 0.420 e. The van der Waals surface area contributed by atoms with Crippen molar-refractivity contribution in [1.82, 2.24) is 4.98 Å². The topological polar surface area (TPSA) is 65.2 Å². The molecule has 110 valence electrons. The summed E-state index contributed by atoms with van der Waals surface area (Å²) in [5.41, 5.74) is 3.66. The standard InChI is InChI=1S/C13H8BrF3N2O2/c14-9-6-19-4-3-11(9)21-10-2-1-7(12(18)20)5-8(10)13(15,16)17/h1-6H,(H2,18,20). The van der Waals surface area contributed by atoms with Gasteiger partial charge in [0.15, 0.2) is 0 Å². The van der Waals surface area contributed by atoms with Gasteiger partial charge < -0.3 is 10.5 Å². The lowest BCUT2D eigenvalue weighted by molar-refractivity contribution is -0.138. The van der Waals surface area contributed by atoms with Crippen LogP contribution in [-0.2, 0) is 6.18 Å². The molecule has 0 aliphatic rings. The van der Waals surface area contributed by atoms with Crippen molar-refractivity contribution in [3.05, 3.63) is 52.3 Å². The number of aromatic nitrogens is 1. The fraction of sp³-hybridized carbons (Fsp3) is 0.0769. The summed E-state index contributed by atoms with van der Waals surface area (Å²) in [4.78, 5) is 14.8. The number of benzene rings is 1. The van der Waals surface area contributed by atoms with Crippen LogP contribution in [0.4, 0.5) is 13.2 Å². The number of ether oxygens (including phenoxy) is 1. The van der Waals surface area contributed by atoms with E-state index in [4.69, 9.17) is 10.5 Å². The highest BCUT2D eigenvalue weighted by molar-refractivity contribution is 9.10. The predicted octanol–water partition coefficient (Wildman–Crippen LogP) is 3.75. The number of hydrogen-bond acceptors (Lipinski definition) is 3. The zero-order valence-corrected chi connectivity index (χ0v) is 11.9. The Morgan fingerprint density at radius 2 is 1.95 bits per heavy atom. The molecule has 1 aromatic carbocycles. The Morgan fingerprint density at radius 3 is 2.52 bits per heavy atom. The summed E-state index contributed by atoms with van der Waals surface area (Å²) < 4.78 is 44.8. The molecule has 0 atom stereocenters. The molecule has 0 bridgehead atoms. The van der Waals surface area contributed by atoms with Gasteiger partial charge in [-0.15, -0.1) is 0 Å². The summed E-state index contributed by atoms with van der Waals surface area (Å²) in [6.45, 7) is 0. The molecule has 8 heteroatoms. The largest absolute Gasteiger partial charge is 0.455 e. The van der Waals surface area contributed by atoms with Crippen LogP contribution in [0.1, 0.15) is 15.9 Å². The smallest absolute Gasteiger partial charge is 0.420 e. The number of pyridine rings is 1. The molecule has 0 radical (unpaired) electrons. The average Bonchev–Trinajstić information content (AvgIpc) is 2.40. The molecular weight excluding hydrogens is 353 g/mol. The van der Waals surface area contributed by atoms with Crippen molar-refractivity contribution in [2.24, 2.45) is 5.73 Å². The van der Waals surface area contributed by atoms with Gasteiger partial charge in [-0.25, -0.2) is 0 Å². The molecular formula is C13H8BrF3N2O2. The van der Waals surface area contributed by atoms with E-state index in [1.165, 1.54) is 24.5 Å². The molecule has 21 heavy (non-hydrogen) atoms. The van der Waals surface area contributed by atoms with E-state index >= 15 is 0 Å². The number of primary amides is 1. The zero-order chi connectivity index (χ0) is 15.6. The SMILES string of the molecule is NC(=O)c1ccc(Oc2ccncc2Br)c(C(F)(F)F)c1. The van der Waals surface area contributed by atoms with Crippen LogP contribution in [-0.4, -0.2) is 10.9 Å². The number of amides is 1. The van der Waals surface area contributed by atoms with Gasteiger partial charge in [0.25, 0.3) is 0 Å². The molecule has 1 aromatic heterocycles. The first-order chi connectivity index (χ1) is 9.79. The normalized spacial score (nSPS) is 11.2. The van der Waals surface area contributed by atoms with E-state index in [0.29, 0.717) is 10.5 Å². The van der Waals surface area contributed by atoms with Crippen LogP contribution >= 0.6 is 15.9 Å². The quantitative estimate of drug-likeness (QED) is 0.906. The van der Waals surface area contributed by atoms with E-state index in [9.17, 15) is 18.0 Å². The average molecular weight is 361 g/mol. The number of alkyl halides is 3. The fourth-order valence-electron chi connectivity index (χ4n) is 1.56. The number of hydrogen-bond donors (Lipinski definition) is 1. The molecule has 4 nitrogen and oxygen atoms in total. The summed E-state index contributed by atoms with van der Waals surface area (Å²) in [5.74, 6) is -1.21. The number of carbonyl (C=O) groups excluding carboxylic acids is 1. The van der Waals surface area contributed by atoms with Gasteiger partial charge in [-0.1, -0.05) is 0 Å². The molecule has 0 spiro atoms. The van der Waals surface area contributed by atoms with Crippen molar-refractivity contribution in [1.29, 1.82) is 0 Å². The van der Waals surface area contributed by atoms with E-state index in [-0.39, 0.29) is 11.3 Å². The van der Waals surface area contributed by atoms with Crippen LogP contribution in [0.25, 0.3) is 0 Å². The maximum atomic E-state index is 13.0. The third-order valence-corrected chi connectivity index (χ3v) is 3.12. The lowest BCUT2D eigenvalue weighted by Gasteiger charge is -2.15. The van der Waals surface area contributed by atoms with Gasteiger partial charge >= 0.3 is 6.18 Å². The van der Waals surface area contributed by atoms with E-state index in [0.717, 1.165) is 6.07 Å². The van der Waals surface area contributed by atoms with E-state index < -0.39 is 23.4 Å². The van der Waals surface area contributed by atoms with Gasteiger partial charge in [-0.3, -0.25) is 9.78 Å². The minimum Gasteiger partial charge on any atom is -0.455 e. The fourth-order valence-corrected chi connectivity index (χ4v) is 1.89. The minimum atomic E-state index is -4.68. The van der Waals surface area contributed by atoms with Gasteiger partial charge in [-0.05, 0) is 34.1 Å². The Bertz CT molecular complexity index is 689. The highest BCUT2D eigenvalue weighted by Gasteiger charge is 2.35. The predicted molar refractivity (Wildman–Crippen MR) is 72.0 cm³/mol. The Kier molecular flexibility index (Phi) is 4.17. The van der Waals surface area contributed by atoms with Crippen LogP contribution < -0.4 is 10.5 Å². The number of nitrogens with zero attached hydrogens (tertiary/aromatic N) is 1. The third-order valence-electron chi connectivity index (χ3n) is 2.52. The van der Waals surface area contributed by atoms with Gasteiger partial charge in [0.1, 0.15) is 11.5 Å². The number of nitrogens with two attached hydrogens (primary N) is 1. The van der Waals surface area contributed by atoms with Gasteiger partial charge in [-0.2, -0.15) is 13.2 Å². The van der Waals surface area contributed by atoms with E-state index in [2.05, 4.69) is 20.9 Å². The van der Waals surface area contributed by atoms with Gasteiger partial charge in [0.2, 0.25) is 5.91 Å². The Hall–Kier alpha value is -2.09. The van der Waals surface area contributed by atoms with Crippen molar-refractivity contribution in [3.8, 4) is 11.5 Å². The van der Waals surface area contributed by atoms with Crippen LogP contribution in [0, 0.1) is 0 Å². The first-order valence-corrected chi connectivity index (χ1v) is 6.37. The Balaban J connectivity index is 2.48. The van der Waals surface area contributed by atoms with Crippen molar-refractivity contribution < 1.29 is 22.7 Å². The van der Waals surface area contributed by atoms with Crippen molar-refractivity contribution in [3.63, 3.8) is 0 Å². The molecule has 0 unspecified atom stereocenters. The second-order valence-electron chi connectivity index (χ2n) is 3.98. The Morgan fingerprint density at radius 1 is 1.24 bits per heavy atom. The van der Waals surface area contributed by atoms with Crippen LogP contribution in [0.15, 0.2) is 41.1 Å². The van der Waals surface area contributed by atoms with Crippen molar-refractivity contribution in [2.75, 3.05) is 0 Å². The molecule has 0 aliphatic carbocycles. The summed E-state index contributed by atoms with van der Waals surface area (Å²) >= 11 is 3.12. The first-order valence-electron chi connectivity index (χ1n) is 5.57.